The number of rotatable bonds is 6. The van der Waals surface area contributed by atoms with E-state index in [1.165, 1.54) is 24.5 Å². The van der Waals surface area contributed by atoms with E-state index in [9.17, 15) is 13.2 Å². The molecule has 2 aromatic rings. The van der Waals surface area contributed by atoms with Gasteiger partial charge < -0.3 is 9.73 Å². The van der Waals surface area contributed by atoms with Crippen LogP contribution in [0.4, 0.5) is 0 Å². The van der Waals surface area contributed by atoms with Crippen molar-refractivity contribution in [1.82, 2.24) is 5.32 Å². The molecule has 116 valence electrons. The Hall–Kier alpha value is -2.38. The van der Waals surface area contributed by atoms with Crippen LogP contribution in [0.3, 0.4) is 0 Å². The van der Waals surface area contributed by atoms with Crippen LogP contribution in [0.15, 0.2) is 58.1 Å². The third-order valence-corrected chi connectivity index (χ3v) is 3.84. The lowest BCUT2D eigenvalue weighted by atomic mass is 10.1. The average Bonchev–Trinajstić information content (AvgIpc) is 2.98. The van der Waals surface area contributed by atoms with Gasteiger partial charge in [0.25, 0.3) is 0 Å². The minimum atomic E-state index is -3.67. The molecule has 22 heavy (non-hydrogen) atoms. The van der Waals surface area contributed by atoms with E-state index in [-0.39, 0.29) is 10.8 Å². The summed E-state index contributed by atoms with van der Waals surface area (Å²) in [5.74, 6) is 0.381. The summed E-state index contributed by atoms with van der Waals surface area (Å²) < 4.78 is 27.3. The minimum absolute atomic E-state index is 0.0710. The molecule has 0 atom stereocenters. The van der Waals surface area contributed by atoms with Gasteiger partial charge in [0, 0.05) is 12.6 Å². The summed E-state index contributed by atoms with van der Waals surface area (Å²) in [6.45, 7) is 0.441. The van der Waals surface area contributed by atoms with Gasteiger partial charge in [-0.15, -0.1) is 0 Å². The van der Waals surface area contributed by atoms with E-state index in [2.05, 4.69) is 5.32 Å². The molecule has 0 aliphatic heterocycles. The van der Waals surface area contributed by atoms with Gasteiger partial charge >= 0.3 is 0 Å². The lowest BCUT2D eigenvalue weighted by molar-refractivity contribution is -0.116. The first-order valence-corrected chi connectivity index (χ1v) is 8.11. The van der Waals surface area contributed by atoms with Gasteiger partial charge in [-0.25, -0.2) is 13.6 Å². The summed E-state index contributed by atoms with van der Waals surface area (Å²) in [6.07, 6.45) is 5.09. The third kappa shape index (κ3) is 4.87. The molecule has 0 bridgehead atoms. The Balaban J connectivity index is 1.80. The summed E-state index contributed by atoms with van der Waals surface area (Å²) in [4.78, 5) is 11.6. The first-order chi connectivity index (χ1) is 10.4. The van der Waals surface area contributed by atoms with Crippen molar-refractivity contribution in [3.63, 3.8) is 0 Å². The molecule has 0 unspecified atom stereocenters. The monoisotopic (exact) mass is 320 g/mol. The summed E-state index contributed by atoms with van der Waals surface area (Å²) >= 11 is 0. The van der Waals surface area contributed by atoms with Crippen molar-refractivity contribution in [2.24, 2.45) is 5.14 Å². The SMILES string of the molecule is NS(=O)(=O)c1ccc(CCNC(=O)/C=C/c2ccco2)cc1. The zero-order valence-electron chi connectivity index (χ0n) is 11.7. The fourth-order valence-corrected chi connectivity index (χ4v) is 2.29. The second kappa shape index (κ2) is 7.06. The number of hydrogen-bond acceptors (Lipinski definition) is 4. The molecule has 6 nitrogen and oxygen atoms in total. The number of benzene rings is 1. The number of furan rings is 1. The highest BCUT2D eigenvalue weighted by Crippen LogP contribution is 2.09. The first kappa shape index (κ1) is 16.0. The molecule has 0 spiro atoms. The van der Waals surface area contributed by atoms with Gasteiger partial charge in [0.2, 0.25) is 15.9 Å². The summed E-state index contributed by atoms with van der Waals surface area (Å²) in [6, 6.07) is 9.72. The molecule has 0 saturated heterocycles. The number of hydrogen-bond donors (Lipinski definition) is 2. The van der Waals surface area contributed by atoms with Crippen LogP contribution in [0.2, 0.25) is 0 Å². The number of carbonyl (C=O) groups excluding carboxylic acids is 1. The molecule has 1 aromatic carbocycles. The molecule has 0 aliphatic carbocycles. The van der Waals surface area contributed by atoms with Gasteiger partial charge in [0.15, 0.2) is 0 Å². The Morgan fingerprint density at radius 3 is 2.55 bits per heavy atom. The Labute approximate surface area is 128 Å². The second-order valence-electron chi connectivity index (χ2n) is 4.58. The summed E-state index contributed by atoms with van der Waals surface area (Å²) in [5, 5.41) is 7.75. The maximum Gasteiger partial charge on any atom is 0.244 e. The predicted octanol–water partition coefficient (Wildman–Crippen LogP) is 1.30. The number of amides is 1. The van der Waals surface area contributed by atoms with Crippen molar-refractivity contribution in [2.45, 2.75) is 11.3 Å². The molecule has 3 N–H and O–H groups in total. The molecule has 7 heteroatoms. The molecule has 0 fully saturated rings. The lowest BCUT2D eigenvalue weighted by Crippen LogP contribution is -2.23. The molecule has 0 saturated carbocycles. The van der Waals surface area contributed by atoms with Crippen molar-refractivity contribution in [2.75, 3.05) is 6.54 Å². The Morgan fingerprint density at radius 2 is 1.95 bits per heavy atom. The number of nitrogens with one attached hydrogen (secondary N) is 1. The predicted molar refractivity (Wildman–Crippen MR) is 82.3 cm³/mol. The summed E-state index contributed by atoms with van der Waals surface area (Å²) in [5.41, 5.74) is 0.905. The van der Waals surface area contributed by atoms with E-state index in [0.717, 1.165) is 5.56 Å². The molecule has 1 amide bonds. The van der Waals surface area contributed by atoms with Crippen LogP contribution in [0.25, 0.3) is 6.08 Å². The van der Waals surface area contributed by atoms with Gasteiger partial charge in [-0.1, -0.05) is 12.1 Å². The maximum atomic E-state index is 11.6. The lowest BCUT2D eigenvalue weighted by Gasteiger charge is -2.04. The summed E-state index contributed by atoms with van der Waals surface area (Å²) in [7, 11) is -3.67. The quantitative estimate of drug-likeness (QED) is 0.783. The third-order valence-electron chi connectivity index (χ3n) is 2.91. The number of primary sulfonamides is 1. The van der Waals surface area contributed by atoms with Gasteiger partial charge in [-0.2, -0.15) is 0 Å². The minimum Gasteiger partial charge on any atom is -0.465 e. The van der Waals surface area contributed by atoms with Crippen molar-refractivity contribution in [1.29, 1.82) is 0 Å². The Bertz CT molecular complexity index is 747. The van der Waals surface area contributed by atoms with Gasteiger partial charge in [-0.05, 0) is 42.3 Å². The van der Waals surface area contributed by atoms with Crippen LogP contribution in [0.1, 0.15) is 11.3 Å². The number of nitrogens with two attached hydrogens (primary N) is 1. The molecule has 1 heterocycles. The van der Waals surface area contributed by atoms with Gasteiger partial charge in [0.05, 0.1) is 11.2 Å². The molecular weight excluding hydrogens is 304 g/mol. The molecule has 0 radical (unpaired) electrons. The Morgan fingerprint density at radius 1 is 1.23 bits per heavy atom. The highest BCUT2D eigenvalue weighted by molar-refractivity contribution is 7.89. The smallest absolute Gasteiger partial charge is 0.244 e. The highest BCUT2D eigenvalue weighted by atomic mass is 32.2. The van der Waals surface area contributed by atoms with Crippen LogP contribution in [0.5, 0.6) is 0 Å². The Kier molecular flexibility index (Phi) is 5.13. The number of carbonyl (C=O) groups is 1. The van der Waals surface area contributed by atoms with E-state index in [0.29, 0.717) is 18.7 Å². The highest BCUT2D eigenvalue weighted by Gasteiger charge is 2.06. The zero-order chi connectivity index (χ0) is 16.0. The molecular formula is C15H16N2O4S. The van der Waals surface area contributed by atoms with Crippen molar-refractivity contribution in [3.8, 4) is 0 Å². The second-order valence-corrected chi connectivity index (χ2v) is 6.14. The standard InChI is InChI=1S/C15H16N2O4S/c16-22(19,20)14-6-3-12(4-7-14)9-10-17-15(18)8-5-13-2-1-11-21-13/h1-8,11H,9-10H2,(H,17,18)(H2,16,19,20)/b8-5+. The average molecular weight is 320 g/mol. The van der Waals surface area contributed by atoms with Crippen LogP contribution in [-0.2, 0) is 21.2 Å². The van der Waals surface area contributed by atoms with E-state index >= 15 is 0 Å². The topological polar surface area (TPSA) is 102 Å². The molecule has 2 rings (SSSR count). The largest absolute Gasteiger partial charge is 0.465 e. The van der Waals surface area contributed by atoms with Crippen molar-refractivity contribution >= 4 is 22.0 Å². The maximum absolute atomic E-state index is 11.6. The fourth-order valence-electron chi connectivity index (χ4n) is 1.78. The van der Waals surface area contributed by atoms with Crippen LogP contribution in [-0.4, -0.2) is 20.9 Å². The number of sulfonamides is 1. The van der Waals surface area contributed by atoms with Crippen LogP contribution < -0.4 is 10.5 Å². The van der Waals surface area contributed by atoms with Gasteiger partial charge in [0.1, 0.15) is 5.76 Å². The zero-order valence-corrected chi connectivity index (χ0v) is 12.5. The molecule has 0 aliphatic rings. The van der Waals surface area contributed by atoms with Crippen molar-refractivity contribution in [3.05, 3.63) is 60.1 Å². The van der Waals surface area contributed by atoms with Gasteiger partial charge in [-0.3, -0.25) is 4.79 Å². The van der Waals surface area contributed by atoms with E-state index in [4.69, 9.17) is 9.56 Å². The fraction of sp³-hybridized carbons (Fsp3) is 0.133. The van der Waals surface area contributed by atoms with Crippen LogP contribution >= 0.6 is 0 Å². The van der Waals surface area contributed by atoms with E-state index in [1.54, 1.807) is 30.3 Å². The molecule has 1 aromatic heterocycles. The van der Waals surface area contributed by atoms with Crippen LogP contribution in [0, 0.1) is 0 Å². The normalized spacial score (nSPS) is 11.7. The van der Waals surface area contributed by atoms with E-state index < -0.39 is 10.0 Å². The van der Waals surface area contributed by atoms with Crippen molar-refractivity contribution < 1.29 is 17.6 Å². The van der Waals surface area contributed by atoms with E-state index in [1.807, 2.05) is 0 Å². The first-order valence-electron chi connectivity index (χ1n) is 6.56.